The molecule has 2 aliphatic carbocycles. The third-order valence-corrected chi connectivity index (χ3v) is 7.52. The molecule has 4 atom stereocenters. The number of nitrogens with one attached hydrogen (secondary N) is 2. The molecule has 198 valence electrons. The van der Waals surface area contributed by atoms with E-state index in [1.54, 1.807) is 12.0 Å². The normalized spacial score (nSPS) is 24.6. The number of nitrogens with zero attached hydrogens (tertiary/aromatic N) is 3. The van der Waals surface area contributed by atoms with E-state index in [0.29, 0.717) is 54.2 Å². The molecular formula is C25H29ClF2N6O3. The van der Waals surface area contributed by atoms with Gasteiger partial charge in [-0.3, -0.25) is 4.90 Å². The number of nitrogens with two attached hydrogens (primary N) is 1. The fourth-order valence-electron chi connectivity index (χ4n) is 5.51. The molecule has 2 bridgehead atoms. The summed E-state index contributed by atoms with van der Waals surface area (Å²) >= 11 is 6.41. The largest absolute Gasteiger partial charge is 0.495 e. The number of halogens is 3. The Bertz CT molecular complexity index is 1200. The number of aromatic nitrogens is 2. The molecule has 3 aliphatic rings. The van der Waals surface area contributed by atoms with Crippen LogP contribution in [0, 0.1) is 11.8 Å². The summed E-state index contributed by atoms with van der Waals surface area (Å²) in [6.07, 6.45) is 4.21. The zero-order valence-corrected chi connectivity index (χ0v) is 21.0. The Morgan fingerprint density at radius 2 is 1.97 bits per heavy atom. The lowest BCUT2D eigenvalue weighted by Crippen LogP contribution is -2.41. The summed E-state index contributed by atoms with van der Waals surface area (Å²) in [7, 11) is 1.57. The van der Waals surface area contributed by atoms with Crippen molar-refractivity contribution < 1.29 is 23.0 Å². The van der Waals surface area contributed by atoms with Crippen molar-refractivity contribution in [2.75, 3.05) is 37.4 Å². The van der Waals surface area contributed by atoms with Gasteiger partial charge in [0.25, 0.3) is 6.43 Å². The third kappa shape index (κ3) is 5.57. The number of benzene rings is 1. The number of carbonyl (C=O) groups is 1. The number of alkyl halides is 2. The summed E-state index contributed by atoms with van der Waals surface area (Å²) in [6, 6.07) is 3.68. The molecule has 1 aliphatic heterocycles. The van der Waals surface area contributed by atoms with Crippen LogP contribution in [0.5, 0.6) is 5.75 Å². The highest BCUT2D eigenvalue weighted by atomic mass is 35.5. The molecule has 0 unspecified atom stereocenters. The van der Waals surface area contributed by atoms with Crippen molar-refractivity contribution in [3.8, 4) is 5.75 Å². The maximum absolute atomic E-state index is 12.9. The number of rotatable bonds is 8. The van der Waals surface area contributed by atoms with Crippen molar-refractivity contribution in [3.63, 3.8) is 0 Å². The van der Waals surface area contributed by atoms with Crippen LogP contribution in [0.3, 0.4) is 0 Å². The summed E-state index contributed by atoms with van der Waals surface area (Å²) < 4.78 is 36.7. The zero-order valence-electron chi connectivity index (χ0n) is 20.3. The fraction of sp³-hybridized carbons (Fsp3) is 0.480. The van der Waals surface area contributed by atoms with E-state index in [2.05, 4.69) is 26.7 Å². The number of amides is 1. The van der Waals surface area contributed by atoms with E-state index in [1.165, 1.54) is 6.20 Å². The number of methoxy groups -OCH3 is 1. The number of anilines is 3. The second-order valence-corrected chi connectivity index (χ2v) is 9.96. The molecule has 0 saturated heterocycles. The van der Waals surface area contributed by atoms with Gasteiger partial charge in [0, 0.05) is 24.9 Å². The highest BCUT2D eigenvalue weighted by Gasteiger charge is 2.47. The van der Waals surface area contributed by atoms with E-state index in [9.17, 15) is 13.6 Å². The van der Waals surface area contributed by atoms with Crippen molar-refractivity contribution in [2.24, 2.45) is 17.6 Å². The topological polar surface area (TPSA) is 115 Å². The highest BCUT2D eigenvalue weighted by Crippen LogP contribution is 2.43. The second kappa shape index (κ2) is 10.7. The number of hydrogen-bond acceptors (Lipinski definition) is 8. The Labute approximate surface area is 218 Å². The molecule has 4 N–H and O–H groups in total. The molecule has 2 aromatic rings. The zero-order chi connectivity index (χ0) is 26.1. The first kappa shape index (κ1) is 25.5. The summed E-state index contributed by atoms with van der Waals surface area (Å²) in [5, 5.41) is 6.86. The molecule has 12 heteroatoms. The van der Waals surface area contributed by atoms with E-state index < -0.39 is 18.6 Å². The van der Waals surface area contributed by atoms with E-state index >= 15 is 0 Å². The van der Waals surface area contributed by atoms with Crippen LogP contribution in [-0.2, 0) is 17.6 Å². The van der Waals surface area contributed by atoms with Crippen molar-refractivity contribution >= 4 is 35.1 Å². The van der Waals surface area contributed by atoms with Crippen molar-refractivity contribution in [1.82, 2.24) is 14.9 Å². The molecule has 1 fully saturated rings. The lowest BCUT2D eigenvalue weighted by atomic mass is 9.98. The number of carbonyl (C=O) groups excluding carboxylic acids is 1. The number of fused-ring (bicyclic) bond motifs is 3. The smallest absolute Gasteiger partial charge is 0.404 e. The van der Waals surface area contributed by atoms with Crippen LogP contribution in [0.1, 0.15) is 17.5 Å². The van der Waals surface area contributed by atoms with Crippen LogP contribution in [0.2, 0.25) is 5.02 Å². The van der Waals surface area contributed by atoms with E-state index in [4.69, 9.17) is 26.8 Å². The predicted octanol–water partition coefficient (Wildman–Crippen LogP) is 4.00. The monoisotopic (exact) mass is 534 g/mol. The fourth-order valence-corrected chi connectivity index (χ4v) is 5.66. The van der Waals surface area contributed by atoms with Gasteiger partial charge in [-0.1, -0.05) is 23.8 Å². The van der Waals surface area contributed by atoms with Crippen molar-refractivity contribution in [2.45, 2.75) is 37.8 Å². The van der Waals surface area contributed by atoms with Crippen LogP contribution < -0.4 is 21.1 Å². The predicted molar refractivity (Wildman–Crippen MR) is 136 cm³/mol. The quantitative estimate of drug-likeness (QED) is 0.435. The number of primary amides is 1. The maximum atomic E-state index is 12.9. The maximum Gasteiger partial charge on any atom is 0.404 e. The highest BCUT2D eigenvalue weighted by molar-refractivity contribution is 6.32. The minimum atomic E-state index is -2.36. The second-order valence-electron chi connectivity index (χ2n) is 9.55. The van der Waals surface area contributed by atoms with Gasteiger partial charge < -0.3 is 25.8 Å². The molecule has 5 rings (SSSR count). The van der Waals surface area contributed by atoms with Gasteiger partial charge in [-0.15, -0.1) is 0 Å². The van der Waals surface area contributed by atoms with E-state index in [0.717, 1.165) is 17.5 Å². The van der Waals surface area contributed by atoms with Crippen molar-refractivity contribution in [3.05, 3.63) is 46.6 Å². The summed E-state index contributed by atoms with van der Waals surface area (Å²) in [4.78, 5) is 22.1. The number of hydrogen-bond donors (Lipinski definition) is 3. The molecule has 1 aromatic carbocycles. The molecule has 37 heavy (non-hydrogen) atoms. The molecule has 0 spiro atoms. The first-order valence-corrected chi connectivity index (χ1v) is 12.6. The summed E-state index contributed by atoms with van der Waals surface area (Å²) in [5.74, 6) is 1.55. The Kier molecular flexibility index (Phi) is 7.34. The number of ether oxygens (including phenoxy) is 2. The SMILES string of the molecule is COc1cc2c(cc1Nc1ncc(Cl)c(N[C@H]3[C@@H](OC(N)=O)[C@@H]4C=C[C@H]3C4)n1)CCN(CC(F)F)CC2. The molecule has 9 nitrogen and oxygen atoms in total. The van der Waals surface area contributed by atoms with Crippen molar-refractivity contribution in [1.29, 1.82) is 0 Å². The van der Waals surface area contributed by atoms with Crippen LogP contribution in [0.4, 0.5) is 31.0 Å². The van der Waals surface area contributed by atoms with Gasteiger partial charge in [-0.2, -0.15) is 4.98 Å². The van der Waals surface area contributed by atoms with Gasteiger partial charge in [0.15, 0.2) is 5.82 Å². The Morgan fingerprint density at radius 1 is 1.24 bits per heavy atom. The lowest BCUT2D eigenvalue weighted by molar-refractivity contribution is 0.0853. The van der Waals surface area contributed by atoms with Gasteiger partial charge in [-0.05, 0) is 42.5 Å². The van der Waals surface area contributed by atoms with Crippen LogP contribution in [0.25, 0.3) is 0 Å². The van der Waals surface area contributed by atoms with Gasteiger partial charge in [0.1, 0.15) is 16.9 Å². The molecular weight excluding hydrogens is 506 g/mol. The van der Waals surface area contributed by atoms with Gasteiger partial charge in [-0.25, -0.2) is 18.6 Å². The molecule has 0 radical (unpaired) electrons. The van der Waals surface area contributed by atoms with Crippen LogP contribution in [0.15, 0.2) is 30.5 Å². The minimum Gasteiger partial charge on any atom is -0.495 e. The van der Waals surface area contributed by atoms with Gasteiger partial charge in [0.05, 0.1) is 31.6 Å². The Balaban J connectivity index is 1.35. The molecule has 2 heterocycles. The van der Waals surface area contributed by atoms with Gasteiger partial charge in [0.2, 0.25) is 5.95 Å². The molecule has 1 amide bonds. The summed E-state index contributed by atoms with van der Waals surface area (Å²) in [5.41, 5.74) is 8.09. The summed E-state index contributed by atoms with van der Waals surface area (Å²) in [6.45, 7) is 0.900. The third-order valence-electron chi connectivity index (χ3n) is 7.25. The Morgan fingerprint density at radius 3 is 2.68 bits per heavy atom. The standard InChI is InChI=1S/C25H29ClF2N6O3/c1-36-19-10-14-5-7-34(12-20(27)28)6-4-13(14)9-18(19)31-25-30-11-17(26)23(33-25)32-21-15-2-3-16(8-15)22(21)37-24(29)35/h2-3,9-11,15-16,20-22H,4-8,12H2,1H3,(H2,29,35)(H2,30,31,32,33)/t15-,16+,21+,22-/m0/s1. The van der Waals surface area contributed by atoms with E-state index in [-0.39, 0.29) is 24.4 Å². The minimum absolute atomic E-state index is 0.0914. The first-order valence-electron chi connectivity index (χ1n) is 12.2. The Hall–Kier alpha value is -3.18. The van der Waals surface area contributed by atoms with Crippen LogP contribution in [-0.4, -0.2) is 66.3 Å². The van der Waals surface area contributed by atoms with E-state index in [1.807, 2.05) is 18.2 Å². The average molecular weight is 535 g/mol. The molecule has 1 saturated carbocycles. The van der Waals surface area contributed by atoms with Gasteiger partial charge >= 0.3 is 6.09 Å². The molecule has 1 aromatic heterocycles. The average Bonchev–Trinajstić information content (AvgIpc) is 3.39. The first-order chi connectivity index (χ1) is 17.8. The lowest BCUT2D eigenvalue weighted by Gasteiger charge is -2.28. The van der Waals surface area contributed by atoms with Crippen LogP contribution >= 0.6 is 11.6 Å².